The van der Waals surface area contributed by atoms with Gasteiger partial charge in [0.05, 0.1) is 12.1 Å². The largest absolute Gasteiger partial charge is 0.495 e. The van der Waals surface area contributed by atoms with Gasteiger partial charge in [-0.2, -0.15) is 0 Å². The summed E-state index contributed by atoms with van der Waals surface area (Å²) in [5.74, 6) is 1.11. The smallest absolute Gasteiger partial charge is 0.137 e. The maximum Gasteiger partial charge on any atom is 0.137 e. The number of halogens is 1. The Hall–Kier alpha value is -0.730. The van der Waals surface area contributed by atoms with Crippen LogP contribution in [-0.4, -0.2) is 13.7 Å². The Balaban J connectivity index is 3.14. The number of aryl methyl sites for hydroxylation is 1. The lowest BCUT2D eigenvalue weighted by atomic mass is 9.93. The van der Waals surface area contributed by atoms with E-state index in [0.29, 0.717) is 12.5 Å². The first-order valence-electron chi connectivity index (χ1n) is 5.14. The van der Waals surface area contributed by atoms with Crippen molar-refractivity contribution in [3.63, 3.8) is 0 Å². The quantitative estimate of drug-likeness (QED) is 0.858. The van der Waals surface area contributed by atoms with E-state index in [-0.39, 0.29) is 0 Å². The fourth-order valence-corrected chi connectivity index (χ4v) is 2.30. The van der Waals surface area contributed by atoms with E-state index in [1.54, 1.807) is 7.11 Å². The van der Waals surface area contributed by atoms with E-state index in [2.05, 4.69) is 13.8 Å². The summed E-state index contributed by atoms with van der Waals surface area (Å²) in [6.07, 6.45) is 0.938. The Morgan fingerprint density at radius 3 is 2.67 bits per heavy atom. The Bertz CT molecular complexity index is 339. The zero-order chi connectivity index (χ0) is 11.4. The fourth-order valence-electron chi connectivity index (χ4n) is 1.83. The number of ether oxygens (including phenoxy) is 1. The molecule has 3 heteroatoms. The van der Waals surface area contributed by atoms with Gasteiger partial charge in [0.15, 0.2) is 0 Å². The van der Waals surface area contributed by atoms with E-state index < -0.39 is 0 Å². The molecule has 0 amide bonds. The number of hydrogen-bond acceptors (Lipinski definition) is 2. The third-order valence-electron chi connectivity index (χ3n) is 2.67. The zero-order valence-corrected chi connectivity index (χ0v) is 10.3. The molecule has 1 atom stereocenters. The highest BCUT2D eigenvalue weighted by atomic mass is 35.5. The second-order valence-electron chi connectivity index (χ2n) is 3.79. The van der Waals surface area contributed by atoms with Crippen molar-refractivity contribution in [3.05, 3.63) is 28.3 Å². The van der Waals surface area contributed by atoms with Crippen LogP contribution >= 0.6 is 11.6 Å². The molecule has 0 aliphatic rings. The van der Waals surface area contributed by atoms with Crippen molar-refractivity contribution in [1.82, 2.24) is 0 Å². The van der Waals surface area contributed by atoms with Crippen LogP contribution in [0.4, 0.5) is 0 Å². The summed E-state index contributed by atoms with van der Waals surface area (Å²) >= 11 is 6.28. The molecule has 0 aromatic heterocycles. The van der Waals surface area contributed by atoms with Crippen LogP contribution in [0.3, 0.4) is 0 Å². The summed E-state index contributed by atoms with van der Waals surface area (Å²) in [6, 6.07) is 3.93. The first-order valence-corrected chi connectivity index (χ1v) is 5.52. The lowest BCUT2D eigenvalue weighted by Gasteiger charge is -2.17. The highest BCUT2D eigenvalue weighted by molar-refractivity contribution is 6.33. The number of hydrogen-bond donors (Lipinski definition) is 1. The third-order valence-corrected chi connectivity index (χ3v) is 3.06. The van der Waals surface area contributed by atoms with Gasteiger partial charge in [-0.05, 0) is 43.0 Å². The molecule has 1 rings (SSSR count). The van der Waals surface area contributed by atoms with Crippen molar-refractivity contribution in [2.45, 2.75) is 26.2 Å². The molecule has 1 aromatic rings. The lowest BCUT2D eigenvalue weighted by molar-refractivity contribution is 0.414. The lowest BCUT2D eigenvalue weighted by Crippen LogP contribution is -2.06. The van der Waals surface area contributed by atoms with E-state index in [9.17, 15) is 0 Å². The molecule has 1 aromatic carbocycles. The van der Waals surface area contributed by atoms with Crippen LogP contribution in [0.5, 0.6) is 5.75 Å². The summed E-state index contributed by atoms with van der Waals surface area (Å²) in [6.45, 7) is 4.88. The number of methoxy groups -OCH3 is 1. The van der Waals surface area contributed by atoms with E-state index in [1.165, 1.54) is 5.56 Å². The Kier molecular flexibility index (Phi) is 4.43. The van der Waals surface area contributed by atoms with E-state index in [4.69, 9.17) is 22.1 Å². The minimum Gasteiger partial charge on any atom is -0.495 e. The SMILES string of the molecule is COc1ccc(C)c(C(C)CCN)c1Cl. The summed E-state index contributed by atoms with van der Waals surface area (Å²) in [5, 5.41) is 0.721. The molecule has 0 fully saturated rings. The van der Waals surface area contributed by atoms with Crippen molar-refractivity contribution >= 4 is 11.6 Å². The van der Waals surface area contributed by atoms with Crippen LogP contribution in [-0.2, 0) is 0 Å². The molecule has 0 spiro atoms. The van der Waals surface area contributed by atoms with E-state index in [0.717, 1.165) is 22.8 Å². The third kappa shape index (κ3) is 2.64. The molecule has 0 aliphatic carbocycles. The molecule has 0 heterocycles. The van der Waals surface area contributed by atoms with Gasteiger partial charge in [-0.25, -0.2) is 0 Å². The number of nitrogens with two attached hydrogens (primary N) is 1. The van der Waals surface area contributed by atoms with Crippen LogP contribution in [0.1, 0.15) is 30.4 Å². The van der Waals surface area contributed by atoms with Crippen LogP contribution in [0.25, 0.3) is 0 Å². The minimum atomic E-state index is 0.373. The molecule has 1 unspecified atom stereocenters. The molecular weight excluding hydrogens is 210 g/mol. The average molecular weight is 228 g/mol. The van der Waals surface area contributed by atoms with Crippen molar-refractivity contribution in [3.8, 4) is 5.75 Å². The fraction of sp³-hybridized carbons (Fsp3) is 0.500. The van der Waals surface area contributed by atoms with Gasteiger partial charge in [-0.1, -0.05) is 24.6 Å². The minimum absolute atomic E-state index is 0.373. The van der Waals surface area contributed by atoms with Gasteiger partial charge >= 0.3 is 0 Å². The molecule has 15 heavy (non-hydrogen) atoms. The number of rotatable bonds is 4. The van der Waals surface area contributed by atoms with Gasteiger partial charge in [-0.15, -0.1) is 0 Å². The van der Waals surface area contributed by atoms with Crippen molar-refractivity contribution in [1.29, 1.82) is 0 Å². The van der Waals surface area contributed by atoms with E-state index >= 15 is 0 Å². The Morgan fingerprint density at radius 1 is 1.47 bits per heavy atom. The monoisotopic (exact) mass is 227 g/mol. The average Bonchev–Trinajstić information content (AvgIpc) is 2.18. The molecule has 2 nitrogen and oxygen atoms in total. The summed E-state index contributed by atoms with van der Waals surface area (Å²) < 4.78 is 5.21. The Morgan fingerprint density at radius 2 is 2.13 bits per heavy atom. The van der Waals surface area contributed by atoms with Gasteiger partial charge in [0.25, 0.3) is 0 Å². The van der Waals surface area contributed by atoms with E-state index in [1.807, 2.05) is 12.1 Å². The summed E-state index contributed by atoms with van der Waals surface area (Å²) in [7, 11) is 1.63. The molecule has 0 radical (unpaired) electrons. The van der Waals surface area contributed by atoms with Crippen LogP contribution in [0.15, 0.2) is 12.1 Å². The van der Waals surface area contributed by atoms with Gasteiger partial charge in [-0.3, -0.25) is 0 Å². The molecule has 0 bridgehead atoms. The second kappa shape index (κ2) is 5.38. The molecular formula is C12H18ClNO. The van der Waals surface area contributed by atoms with Crippen LogP contribution < -0.4 is 10.5 Å². The first kappa shape index (κ1) is 12.3. The van der Waals surface area contributed by atoms with Gasteiger partial charge in [0.1, 0.15) is 5.75 Å². The molecule has 0 aliphatic heterocycles. The molecule has 0 saturated carbocycles. The van der Waals surface area contributed by atoms with Crippen molar-refractivity contribution < 1.29 is 4.74 Å². The summed E-state index contributed by atoms with van der Waals surface area (Å²) in [4.78, 5) is 0. The zero-order valence-electron chi connectivity index (χ0n) is 9.51. The predicted molar refractivity (Wildman–Crippen MR) is 64.8 cm³/mol. The second-order valence-corrected chi connectivity index (χ2v) is 4.17. The standard InChI is InChI=1S/C12H18ClNO/c1-8-4-5-10(15-3)12(13)11(8)9(2)6-7-14/h4-5,9H,6-7,14H2,1-3H3. The Labute approximate surface area is 96.4 Å². The maximum atomic E-state index is 6.28. The van der Waals surface area contributed by atoms with Crippen LogP contribution in [0, 0.1) is 6.92 Å². The van der Waals surface area contributed by atoms with Gasteiger partial charge < -0.3 is 10.5 Å². The molecule has 2 N–H and O–H groups in total. The first-order chi connectivity index (χ1) is 7.11. The molecule has 0 saturated heterocycles. The number of benzene rings is 1. The highest BCUT2D eigenvalue weighted by Gasteiger charge is 2.15. The van der Waals surface area contributed by atoms with Gasteiger partial charge in [0, 0.05) is 0 Å². The maximum absolute atomic E-state index is 6.28. The van der Waals surface area contributed by atoms with Crippen LogP contribution in [0.2, 0.25) is 5.02 Å². The molecule has 84 valence electrons. The van der Waals surface area contributed by atoms with Crippen molar-refractivity contribution in [2.75, 3.05) is 13.7 Å². The van der Waals surface area contributed by atoms with Crippen molar-refractivity contribution in [2.24, 2.45) is 5.73 Å². The predicted octanol–water partition coefficient (Wildman–Crippen LogP) is 3.11. The van der Waals surface area contributed by atoms with Gasteiger partial charge in [0.2, 0.25) is 0 Å². The highest BCUT2D eigenvalue weighted by Crippen LogP contribution is 2.36. The summed E-state index contributed by atoms with van der Waals surface area (Å²) in [5.41, 5.74) is 7.91. The normalized spacial score (nSPS) is 12.6. The topological polar surface area (TPSA) is 35.2 Å².